The second-order valence-electron chi connectivity index (χ2n) is 15.9. The molecule has 0 N–H and O–H groups in total. The molecule has 0 atom stereocenters. The normalized spacial score (nSPS) is 13.2. The zero-order valence-corrected chi connectivity index (χ0v) is 32.8. The molecule has 0 saturated carbocycles. The van der Waals surface area contributed by atoms with Gasteiger partial charge in [0.25, 0.3) is 0 Å². The molecule has 13 rings (SSSR count). The van der Waals surface area contributed by atoms with Crippen molar-refractivity contribution in [3.8, 4) is 62.5 Å². The number of hydrogen-bond acceptors (Lipinski definition) is 4. The lowest BCUT2D eigenvalue weighted by Crippen LogP contribution is -2.32. The van der Waals surface area contributed by atoms with Crippen molar-refractivity contribution in [1.29, 1.82) is 0 Å². The largest absolute Gasteiger partial charge is 0.457 e. The van der Waals surface area contributed by atoms with Crippen LogP contribution in [0.3, 0.4) is 0 Å². The van der Waals surface area contributed by atoms with Crippen LogP contribution in [-0.4, -0.2) is 19.5 Å². The predicted molar refractivity (Wildman–Crippen MR) is 245 cm³/mol. The SMILES string of the molecule is c1ccc(-c2nc(-c3ccccc3)nc(-c3cccc(-n4c5cc6c(cc5c5ccc7ccccc7c54)C4(c5ccccc5O6)c5ccccc5-c5ccccc54)c3)n2)cc1. The first-order valence-electron chi connectivity index (χ1n) is 20.7. The number of para-hydroxylation sites is 1. The highest BCUT2D eigenvalue weighted by Gasteiger charge is 2.51. The molecule has 1 aliphatic carbocycles. The zero-order valence-electron chi connectivity index (χ0n) is 32.8. The Morgan fingerprint density at radius 1 is 0.377 bits per heavy atom. The quantitative estimate of drug-likeness (QED) is 0.179. The third-order valence-electron chi connectivity index (χ3n) is 12.7. The maximum absolute atomic E-state index is 7.04. The molecule has 61 heavy (non-hydrogen) atoms. The highest BCUT2D eigenvalue weighted by molar-refractivity contribution is 6.19. The molecule has 1 spiro atoms. The molecule has 5 nitrogen and oxygen atoms in total. The molecule has 5 heteroatoms. The van der Waals surface area contributed by atoms with Gasteiger partial charge in [-0.2, -0.15) is 0 Å². The number of fused-ring (bicyclic) bond motifs is 14. The van der Waals surface area contributed by atoms with Crippen molar-refractivity contribution < 1.29 is 4.74 Å². The van der Waals surface area contributed by atoms with Crippen molar-refractivity contribution in [2.24, 2.45) is 0 Å². The van der Waals surface area contributed by atoms with E-state index in [4.69, 9.17) is 19.7 Å². The molecule has 2 aliphatic rings. The van der Waals surface area contributed by atoms with Gasteiger partial charge in [-0.05, 0) is 51.9 Å². The summed E-state index contributed by atoms with van der Waals surface area (Å²) in [5.41, 5.74) is 12.8. The number of nitrogens with zero attached hydrogens (tertiary/aromatic N) is 4. The number of ether oxygens (including phenoxy) is 1. The first kappa shape index (κ1) is 33.8. The van der Waals surface area contributed by atoms with Gasteiger partial charge in [0.1, 0.15) is 11.5 Å². The summed E-state index contributed by atoms with van der Waals surface area (Å²) in [4.78, 5) is 15.2. The highest BCUT2D eigenvalue weighted by Crippen LogP contribution is 2.62. The molecule has 0 fully saturated rings. The molecular weight excluding hydrogens is 745 g/mol. The number of aromatic nitrogens is 4. The minimum Gasteiger partial charge on any atom is -0.457 e. The van der Waals surface area contributed by atoms with Gasteiger partial charge in [0.05, 0.1) is 16.4 Å². The molecule has 0 bridgehead atoms. The van der Waals surface area contributed by atoms with Gasteiger partial charge >= 0.3 is 0 Å². The monoisotopic (exact) mass is 778 g/mol. The summed E-state index contributed by atoms with van der Waals surface area (Å²) in [5.74, 6) is 3.59. The van der Waals surface area contributed by atoms with Crippen LogP contribution in [-0.2, 0) is 5.41 Å². The van der Waals surface area contributed by atoms with E-state index in [-0.39, 0.29) is 0 Å². The Labute approximate surface area is 351 Å². The number of benzene rings is 9. The van der Waals surface area contributed by atoms with E-state index < -0.39 is 5.41 Å². The van der Waals surface area contributed by atoms with Crippen LogP contribution in [0.5, 0.6) is 11.5 Å². The fraction of sp³-hybridized carbons (Fsp3) is 0.0179. The fourth-order valence-electron chi connectivity index (χ4n) is 10.1. The second-order valence-corrected chi connectivity index (χ2v) is 15.9. The minimum atomic E-state index is -0.567. The second kappa shape index (κ2) is 12.9. The van der Waals surface area contributed by atoms with E-state index in [1.165, 1.54) is 38.4 Å². The average Bonchev–Trinajstić information content (AvgIpc) is 3.82. The first-order chi connectivity index (χ1) is 30.2. The molecule has 284 valence electrons. The number of rotatable bonds is 4. The van der Waals surface area contributed by atoms with Crippen LogP contribution in [0.1, 0.15) is 22.3 Å². The Balaban J connectivity index is 1.09. The first-order valence-corrected chi connectivity index (χ1v) is 20.7. The summed E-state index contributed by atoms with van der Waals surface area (Å²) in [7, 11) is 0. The summed E-state index contributed by atoms with van der Waals surface area (Å²) in [6.45, 7) is 0. The van der Waals surface area contributed by atoms with Crippen molar-refractivity contribution in [3.63, 3.8) is 0 Å². The van der Waals surface area contributed by atoms with Gasteiger partial charge in [-0.25, -0.2) is 15.0 Å². The van der Waals surface area contributed by atoms with Crippen LogP contribution in [0.4, 0.5) is 0 Å². The molecule has 2 aromatic heterocycles. The van der Waals surface area contributed by atoms with Gasteiger partial charge in [0.15, 0.2) is 17.5 Å². The maximum atomic E-state index is 7.04. The van der Waals surface area contributed by atoms with Crippen molar-refractivity contribution in [2.75, 3.05) is 0 Å². The van der Waals surface area contributed by atoms with E-state index in [0.717, 1.165) is 61.4 Å². The Hall–Kier alpha value is -8.15. The topological polar surface area (TPSA) is 52.8 Å². The molecule has 3 heterocycles. The lowest BCUT2D eigenvalue weighted by molar-refractivity contribution is 0.437. The third kappa shape index (κ3) is 4.86. The predicted octanol–water partition coefficient (Wildman–Crippen LogP) is 13.6. The Morgan fingerprint density at radius 3 is 1.66 bits per heavy atom. The average molecular weight is 779 g/mol. The minimum absolute atomic E-state index is 0.567. The van der Waals surface area contributed by atoms with Crippen LogP contribution < -0.4 is 4.74 Å². The Morgan fingerprint density at radius 2 is 0.951 bits per heavy atom. The van der Waals surface area contributed by atoms with Gasteiger partial charge in [0, 0.05) is 55.7 Å². The lowest BCUT2D eigenvalue weighted by atomic mass is 9.66. The van der Waals surface area contributed by atoms with Gasteiger partial charge in [-0.1, -0.05) is 176 Å². The highest BCUT2D eigenvalue weighted by atomic mass is 16.5. The zero-order chi connectivity index (χ0) is 40.1. The maximum Gasteiger partial charge on any atom is 0.164 e. The van der Waals surface area contributed by atoms with E-state index in [1.807, 2.05) is 60.7 Å². The molecule has 0 radical (unpaired) electrons. The number of hydrogen-bond donors (Lipinski definition) is 0. The van der Waals surface area contributed by atoms with Crippen LogP contribution in [0, 0.1) is 0 Å². The third-order valence-corrected chi connectivity index (χ3v) is 12.7. The van der Waals surface area contributed by atoms with Crippen molar-refractivity contribution in [1.82, 2.24) is 19.5 Å². The van der Waals surface area contributed by atoms with Crippen LogP contribution >= 0.6 is 0 Å². The van der Waals surface area contributed by atoms with Crippen molar-refractivity contribution in [2.45, 2.75) is 5.41 Å². The van der Waals surface area contributed by atoms with E-state index in [9.17, 15) is 0 Å². The molecule has 11 aromatic rings. The standard InChI is InChI=1S/C56H34N4O/c1-3-17-36(18-4-1)53-57-54(37-19-5-2-6-20-37)59-55(58-53)38-21-15-22-39(32-38)60-49-34-51-48(33-44(49)43-31-30-35-16-7-8-23-40(35)52(43)60)56(47-28-13-14-29-50(47)61-51)45-26-11-9-24-41(45)42-25-10-12-27-46(42)56/h1-34H. The lowest BCUT2D eigenvalue weighted by Gasteiger charge is -2.39. The fourth-order valence-corrected chi connectivity index (χ4v) is 10.1. The Bertz CT molecular complexity index is 3470. The molecule has 0 amide bonds. The summed E-state index contributed by atoms with van der Waals surface area (Å²) in [5, 5.41) is 4.68. The molecular formula is C56H34N4O. The van der Waals surface area contributed by atoms with Gasteiger partial charge in [-0.3, -0.25) is 0 Å². The Kier molecular flexibility index (Phi) is 7.16. The van der Waals surface area contributed by atoms with Crippen LogP contribution in [0.15, 0.2) is 206 Å². The van der Waals surface area contributed by atoms with E-state index in [1.54, 1.807) is 0 Å². The van der Waals surface area contributed by atoms with E-state index in [2.05, 4.69) is 150 Å². The summed E-state index contributed by atoms with van der Waals surface area (Å²) < 4.78 is 9.44. The molecule has 0 unspecified atom stereocenters. The van der Waals surface area contributed by atoms with Gasteiger partial charge in [-0.15, -0.1) is 0 Å². The van der Waals surface area contributed by atoms with Crippen LogP contribution in [0.25, 0.3) is 83.6 Å². The summed E-state index contributed by atoms with van der Waals surface area (Å²) in [6, 6.07) is 73.1. The smallest absolute Gasteiger partial charge is 0.164 e. The molecule has 9 aromatic carbocycles. The van der Waals surface area contributed by atoms with Gasteiger partial charge < -0.3 is 9.30 Å². The van der Waals surface area contributed by atoms with Crippen molar-refractivity contribution >= 4 is 32.6 Å². The molecule has 0 saturated heterocycles. The van der Waals surface area contributed by atoms with E-state index in [0.29, 0.717) is 17.5 Å². The van der Waals surface area contributed by atoms with Gasteiger partial charge in [0.2, 0.25) is 0 Å². The summed E-state index contributed by atoms with van der Waals surface area (Å²) in [6.07, 6.45) is 0. The summed E-state index contributed by atoms with van der Waals surface area (Å²) >= 11 is 0. The van der Waals surface area contributed by atoms with E-state index >= 15 is 0 Å². The molecule has 1 aliphatic heterocycles. The van der Waals surface area contributed by atoms with Crippen LogP contribution in [0.2, 0.25) is 0 Å². The van der Waals surface area contributed by atoms with Crippen molar-refractivity contribution in [3.05, 3.63) is 229 Å².